The molecule has 3 amide bonds. The van der Waals surface area contributed by atoms with Crippen molar-refractivity contribution < 1.29 is 14.4 Å². The molecule has 1 saturated heterocycles. The number of aromatic amines is 1. The van der Waals surface area contributed by atoms with E-state index in [1.807, 2.05) is 60.8 Å². The highest BCUT2D eigenvalue weighted by atomic mass is 32.2. The first-order valence-corrected chi connectivity index (χ1v) is 10.1. The number of fused-ring (bicyclic) bond motifs is 1. The van der Waals surface area contributed by atoms with Crippen LogP contribution in [0, 0.1) is 0 Å². The first kappa shape index (κ1) is 19.0. The summed E-state index contributed by atoms with van der Waals surface area (Å²) >= 11 is 0.856. The van der Waals surface area contributed by atoms with Crippen LogP contribution in [-0.2, 0) is 16.0 Å². The van der Waals surface area contributed by atoms with Crippen LogP contribution in [0.1, 0.15) is 11.1 Å². The number of carbonyl (C=O) groups is 3. The number of nitrogens with one attached hydrogen (secondary N) is 2. The van der Waals surface area contributed by atoms with Crippen LogP contribution in [0.5, 0.6) is 0 Å². The minimum atomic E-state index is -0.435. The molecule has 0 unspecified atom stereocenters. The number of hydrogen-bond donors (Lipinski definition) is 2. The second kappa shape index (κ2) is 8.36. The molecule has 1 aromatic heterocycles. The number of benzene rings is 2. The monoisotopic (exact) mass is 405 g/mol. The van der Waals surface area contributed by atoms with Gasteiger partial charge in [-0.05, 0) is 41.5 Å². The van der Waals surface area contributed by atoms with Gasteiger partial charge >= 0.3 is 0 Å². The number of hydrogen-bond acceptors (Lipinski definition) is 4. The first-order valence-electron chi connectivity index (χ1n) is 9.24. The van der Waals surface area contributed by atoms with Gasteiger partial charge in [-0.25, -0.2) is 0 Å². The first-order chi connectivity index (χ1) is 14.1. The Morgan fingerprint density at radius 1 is 1.07 bits per heavy atom. The Kier molecular flexibility index (Phi) is 5.48. The summed E-state index contributed by atoms with van der Waals surface area (Å²) < 4.78 is 0. The summed E-state index contributed by atoms with van der Waals surface area (Å²) in [7, 11) is 0. The molecule has 3 aromatic rings. The summed E-state index contributed by atoms with van der Waals surface area (Å²) in [6.45, 7) is 0.154. The fourth-order valence-electron chi connectivity index (χ4n) is 3.21. The second-order valence-corrected chi connectivity index (χ2v) is 7.63. The van der Waals surface area contributed by atoms with Gasteiger partial charge in [-0.2, -0.15) is 0 Å². The molecule has 2 heterocycles. The standard InChI is InChI=1S/C22H19N3O3S/c26-20(23-11-10-16-13-24-18-9-5-4-8-17(16)18)14-25-21(27)19(29-22(25)28)12-15-6-2-1-3-7-15/h1-9,12-13,24H,10-11,14H2,(H,23,26)/b19-12+. The van der Waals surface area contributed by atoms with Crippen molar-refractivity contribution in [3.05, 3.63) is 76.8 Å². The van der Waals surface area contributed by atoms with Gasteiger partial charge in [0.2, 0.25) is 5.91 Å². The van der Waals surface area contributed by atoms with Crippen LogP contribution in [0.25, 0.3) is 17.0 Å². The molecule has 0 saturated carbocycles. The van der Waals surface area contributed by atoms with E-state index in [4.69, 9.17) is 0 Å². The lowest BCUT2D eigenvalue weighted by Gasteiger charge is -2.12. The molecule has 2 N–H and O–H groups in total. The van der Waals surface area contributed by atoms with Gasteiger partial charge in [-0.15, -0.1) is 0 Å². The summed E-state index contributed by atoms with van der Waals surface area (Å²) in [6.07, 6.45) is 4.26. The lowest BCUT2D eigenvalue weighted by Crippen LogP contribution is -2.40. The number of amides is 3. The van der Waals surface area contributed by atoms with E-state index < -0.39 is 11.1 Å². The maximum Gasteiger partial charge on any atom is 0.294 e. The van der Waals surface area contributed by atoms with Crippen molar-refractivity contribution in [1.29, 1.82) is 0 Å². The van der Waals surface area contributed by atoms with Crippen LogP contribution in [0.15, 0.2) is 65.7 Å². The number of thioether (sulfide) groups is 1. The Bertz CT molecular complexity index is 1100. The predicted molar refractivity (Wildman–Crippen MR) is 114 cm³/mol. The number of imide groups is 1. The van der Waals surface area contributed by atoms with E-state index in [1.165, 1.54) is 0 Å². The van der Waals surface area contributed by atoms with E-state index >= 15 is 0 Å². The molecule has 1 fully saturated rings. The van der Waals surface area contributed by atoms with E-state index in [1.54, 1.807) is 6.08 Å². The SMILES string of the molecule is O=C(CN1C(=O)S/C(=C/c2ccccc2)C1=O)NCCc1c[nH]c2ccccc12. The molecule has 0 aliphatic carbocycles. The number of rotatable bonds is 6. The van der Waals surface area contributed by atoms with Gasteiger partial charge in [0.1, 0.15) is 6.54 Å². The van der Waals surface area contributed by atoms with Crippen LogP contribution in [-0.4, -0.2) is 40.0 Å². The molecule has 4 rings (SSSR count). The zero-order valence-electron chi connectivity index (χ0n) is 15.6. The summed E-state index contributed by atoms with van der Waals surface area (Å²) in [5.74, 6) is -0.788. The van der Waals surface area contributed by atoms with Gasteiger partial charge in [0.25, 0.3) is 11.1 Å². The quantitative estimate of drug-likeness (QED) is 0.615. The highest BCUT2D eigenvalue weighted by molar-refractivity contribution is 8.18. The fourth-order valence-corrected chi connectivity index (χ4v) is 4.05. The molecule has 2 aromatic carbocycles. The average molecular weight is 405 g/mol. The lowest BCUT2D eigenvalue weighted by molar-refractivity contribution is -0.129. The molecule has 29 heavy (non-hydrogen) atoms. The topological polar surface area (TPSA) is 82.3 Å². The van der Waals surface area contributed by atoms with Crippen molar-refractivity contribution in [3.63, 3.8) is 0 Å². The smallest absolute Gasteiger partial charge is 0.294 e. The van der Waals surface area contributed by atoms with Gasteiger partial charge in [0.15, 0.2) is 0 Å². The maximum atomic E-state index is 12.5. The molecule has 1 aliphatic rings. The van der Waals surface area contributed by atoms with Crippen molar-refractivity contribution in [2.45, 2.75) is 6.42 Å². The molecule has 0 bridgehead atoms. The highest BCUT2D eigenvalue weighted by Crippen LogP contribution is 2.31. The number of nitrogens with zero attached hydrogens (tertiary/aromatic N) is 1. The zero-order chi connectivity index (χ0) is 20.2. The average Bonchev–Trinajstić information content (AvgIpc) is 3.25. The Hall–Kier alpha value is -3.32. The van der Waals surface area contributed by atoms with Crippen molar-refractivity contribution in [2.75, 3.05) is 13.1 Å². The zero-order valence-corrected chi connectivity index (χ0v) is 16.4. The van der Waals surface area contributed by atoms with E-state index in [0.717, 1.165) is 38.7 Å². The Morgan fingerprint density at radius 3 is 2.66 bits per heavy atom. The molecular formula is C22H19N3O3S. The molecule has 0 spiro atoms. The number of carbonyl (C=O) groups excluding carboxylic acids is 3. The molecule has 0 atom stereocenters. The van der Waals surface area contributed by atoms with E-state index in [2.05, 4.69) is 10.3 Å². The lowest BCUT2D eigenvalue weighted by atomic mass is 10.1. The molecule has 146 valence electrons. The van der Waals surface area contributed by atoms with Crippen LogP contribution in [0.2, 0.25) is 0 Å². The van der Waals surface area contributed by atoms with Gasteiger partial charge in [0, 0.05) is 23.6 Å². The van der Waals surface area contributed by atoms with Crippen molar-refractivity contribution in [1.82, 2.24) is 15.2 Å². The summed E-state index contributed by atoms with van der Waals surface area (Å²) in [4.78, 5) is 41.4. The Labute approximate surface area is 172 Å². The minimum absolute atomic E-state index is 0.273. The van der Waals surface area contributed by atoms with Crippen LogP contribution < -0.4 is 5.32 Å². The van der Waals surface area contributed by atoms with Gasteiger partial charge in [0.05, 0.1) is 4.91 Å². The predicted octanol–water partition coefficient (Wildman–Crippen LogP) is 3.56. The maximum absolute atomic E-state index is 12.5. The minimum Gasteiger partial charge on any atom is -0.361 e. The summed E-state index contributed by atoms with van der Waals surface area (Å²) in [5, 5.41) is 3.49. The van der Waals surface area contributed by atoms with E-state index in [0.29, 0.717) is 17.9 Å². The van der Waals surface area contributed by atoms with Crippen LogP contribution >= 0.6 is 11.8 Å². The number of H-pyrrole nitrogens is 1. The highest BCUT2D eigenvalue weighted by Gasteiger charge is 2.36. The summed E-state index contributed by atoms with van der Waals surface area (Å²) in [6, 6.07) is 17.3. The molecule has 0 radical (unpaired) electrons. The van der Waals surface area contributed by atoms with Crippen LogP contribution in [0.3, 0.4) is 0 Å². The van der Waals surface area contributed by atoms with E-state index in [-0.39, 0.29) is 12.5 Å². The third-order valence-electron chi connectivity index (χ3n) is 4.66. The second-order valence-electron chi connectivity index (χ2n) is 6.64. The van der Waals surface area contributed by atoms with Gasteiger partial charge in [-0.3, -0.25) is 19.3 Å². The molecule has 7 heteroatoms. The molecule has 1 aliphatic heterocycles. The fraction of sp³-hybridized carbons (Fsp3) is 0.136. The third kappa shape index (κ3) is 4.25. The summed E-state index contributed by atoms with van der Waals surface area (Å²) in [5.41, 5.74) is 3.00. The molecular weight excluding hydrogens is 386 g/mol. The van der Waals surface area contributed by atoms with Crippen molar-refractivity contribution in [2.24, 2.45) is 0 Å². The van der Waals surface area contributed by atoms with E-state index in [9.17, 15) is 14.4 Å². The molecule has 6 nitrogen and oxygen atoms in total. The number of para-hydroxylation sites is 1. The van der Waals surface area contributed by atoms with Crippen molar-refractivity contribution in [3.8, 4) is 0 Å². The number of aromatic nitrogens is 1. The Morgan fingerprint density at radius 2 is 1.83 bits per heavy atom. The van der Waals surface area contributed by atoms with Crippen molar-refractivity contribution >= 4 is 45.8 Å². The van der Waals surface area contributed by atoms with Gasteiger partial charge < -0.3 is 10.3 Å². The Balaban J connectivity index is 1.33. The third-order valence-corrected chi connectivity index (χ3v) is 5.57. The normalized spacial score (nSPS) is 15.4. The van der Waals surface area contributed by atoms with Crippen LogP contribution in [0.4, 0.5) is 4.79 Å². The van der Waals surface area contributed by atoms with Gasteiger partial charge in [-0.1, -0.05) is 48.5 Å². The largest absolute Gasteiger partial charge is 0.361 e.